The van der Waals surface area contributed by atoms with Gasteiger partial charge in [0.05, 0.1) is 11.6 Å². The molecule has 3 aromatic carbocycles. The van der Waals surface area contributed by atoms with E-state index in [1.165, 1.54) is 12.1 Å². The average molecular weight is 548 g/mol. The van der Waals surface area contributed by atoms with Crippen LogP contribution in [0, 0.1) is 23.4 Å². The number of carbonyl (C=O) groups is 2. The number of amides is 2. The summed E-state index contributed by atoms with van der Waals surface area (Å²) >= 11 is 24.7. The smallest absolute Gasteiger partial charge is 0.255 e. The van der Waals surface area contributed by atoms with Crippen molar-refractivity contribution in [3.8, 4) is 0 Å². The Balaban J connectivity index is 1.51. The van der Waals surface area contributed by atoms with E-state index in [1.807, 2.05) is 0 Å². The molecule has 11 heteroatoms. The minimum absolute atomic E-state index is 0.131. The van der Waals surface area contributed by atoms with Crippen molar-refractivity contribution in [2.24, 2.45) is 5.92 Å². The fourth-order valence-corrected chi connectivity index (χ4v) is 4.99. The van der Waals surface area contributed by atoms with Gasteiger partial charge in [0.2, 0.25) is 5.91 Å². The van der Waals surface area contributed by atoms with Crippen LogP contribution in [0.25, 0.3) is 0 Å². The second-order valence-electron chi connectivity index (χ2n) is 7.63. The highest BCUT2D eigenvalue weighted by Crippen LogP contribution is 2.65. The van der Waals surface area contributed by atoms with E-state index in [2.05, 4.69) is 10.6 Å². The van der Waals surface area contributed by atoms with Crippen LogP contribution in [0.15, 0.2) is 54.6 Å². The number of nitrogens with one attached hydrogen (secondary N) is 2. The van der Waals surface area contributed by atoms with Crippen molar-refractivity contribution in [2.75, 3.05) is 10.6 Å². The van der Waals surface area contributed by atoms with Crippen molar-refractivity contribution in [2.45, 2.75) is 10.3 Å². The molecule has 1 aliphatic carbocycles. The molecule has 1 aliphatic rings. The first-order chi connectivity index (χ1) is 16.0. The lowest BCUT2D eigenvalue weighted by Gasteiger charge is -2.10. The van der Waals surface area contributed by atoms with E-state index in [1.54, 1.807) is 12.1 Å². The predicted octanol–water partition coefficient (Wildman–Crippen LogP) is 7.19. The Hall–Kier alpha value is -2.45. The van der Waals surface area contributed by atoms with Gasteiger partial charge in [-0.2, -0.15) is 0 Å². The van der Waals surface area contributed by atoms with Gasteiger partial charge in [0.25, 0.3) is 5.91 Å². The number of hydrogen-bond donors (Lipinski definition) is 2. The van der Waals surface area contributed by atoms with E-state index in [9.17, 15) is 22.8 Å². The van der Waals surface area contributed by atoms with Gasteiger partial charge in [0.15, 0.2) is 0 Å². The molecular formula is C23H13Cl4F3N2O2. The van der Waals surface area contributed by atoms with E-state index >= 15 is 0 Å². The van der Waals surface area contributed by atoms with Gasteiger partial charge < -0.3 is 10.6 Å². The van der Waals surface area contributed by atoms with Gasteiger partial charge in [-0.15, -0.1) is 23.2 Å². The maximum atomic E-state index is 14.3. The van der Waals surface area contributed by atoms with Crippen molar-refractivity contribution in [1.29, 1.82) is 0 Å². The highest BCUT2D eigenvalue weighted by Gasteiger charge is 2.67. The van der Waals surface area contributed by atoms with Crippen molar-refractivity contribution in [1.82, 2.24) is 0 Å². The number of anilines is 2. The summed E-state index contributed by atoms with van der Waals surface area (Å²) in [6.45, 7) is 0. The molecule has 1 fully saturated rings. The zero-order valence-electron chi connectivity index (χ0n) is 16.8. The molecule has 0 radical (unpaired) electrons. The summed E-state index contributed by atoms with van der Waals surface area (Å²) in [4.78, 5) is 25.2. The molecule has 0 heterocycles. The van der Waals surface area contributed by atoms with Gasteiger partial charge in [-0.25, -0.2) is 13.2 Å². The van der Waals surface area contributed by atoms with Crippen LogP contribution < -0.4 is 10.6 Å². The van der Waals surface area contributed by atoms with Crippen molar-refractivity contribution in [3.63, 3.8) is 0 Å². The van der Waals surface area contributed by atoms with E-state index < -0.39 is 45.4 Å². The SMILES string of the molecule is O=C(Nc1cc(NC(=O)C2C(c3cc(Cl)cc(Cl)c3)C2(Cl)Cl)ccc1F)c1cc(F)cc(F)c1. The van der Waals surface area contributed by atoms with Gasteiger partial charge in [0, 0.05) is 33.3 Å². The summed E-state index contributed by atoms with van der Waals surface area (Å²) in [7, 11) is 0. The third-order valence-corrected chi connectivity index (χ3v) is 6.56. The minimum atomic E-state index is -1.42. The second-order valence-corrected chi connectivity index (χ2v) is 9.95. The summed E-state index contributed by atoms with van der Waals surface area (Å²) in [5, 5.41) is 5.51. The molecular weight excluding hydrogens is 535 g/mol. The molecule has 2 unspecified atom stereocenters. The highest BCUT2D eigenvalue weighted by atomic mass is 35.5. The third-order valence-electron chi connectivity index (χ3n) is 5.19. The zero-order valence-corrected chi connectivity index (χ0v) is 19.8. The number of alkyl halides is 2. The molecule has 34 heavy (non-hydrogen) atoms. The van der Waals surface area contributed by atoms with Crippen LogP contribution >= 0.6 is 46.4 Å². The molecule has 0 bridgehead atoms. The standard InChI is InChI=1S/C23H13Cl4F3N2O2/c24-12-3-10(4-13(25)7-12)19-20(23(19,26)27)22(34)31-16-1-2-17(30)18(9-16)32-21(33)11-5-14(28)8-15(29)6-11/h1-9,19-20H,(H,31,34)(H,32,33). The maximum Gasteiger partial charge on any atom is 0.255 e. The third kappa shape index (κ3) is 5.13. The first kappa shape index (κ1) is 24.7. The summed E-state index contributed by atoms with van der Waals surface area (Å²) in [5.41, 5.74) is 0.0499. The molecule has 3 aromatic rings. The number of carbonyl (C=O) groups excluding carboxylic acids is 2. The van der Waals surface area contributed by atoms with E-state index in [0.29, 0.717) is 21.7 Å². The normalized spacial score (nSPS) is 18.3. The Morgan fingerprint density at radius 2 is 1.44 bits per heavy atom. The molecule has 4 nitrogen and oxygen atoms in total. The Morgan fingerprint density at radius 3 is 2.06 bits per heavy atom. The number of halogens is 7. The van der Waals surface area contributed by atoms with E-state index in [4.69, 9.17) is 46.4 Å². The van der Waals surface area contributed by atoms with Gasteiger partial charge in [-0.05, 0) is 54.1 Å². The lowest BCUT2D eigenvalue weighted by atomic mass is 10.1. The summed E-state index contributed by atoms with van der Waals surface area (Å²) in [6, 6.07) is 10.4. The first-order valence-electron chi connectivity index (χ1n) is 9.67. The molecule has 0 saturated heterocycles. The lowest BCUT2D eigenvalue weighted by Crippen LogP contribution is -2.18. The van der Waals surface area contributed by atoms with E-state index in [-0.39, 0.29) is 16.9 Å². The summed E-state index contributed by atoms with van der Waals surface area (Å²) in [6.07, 6.45) is 0. The lowest BCUT2D eigenvalue weighted by molar-refractivity contribution is -0.117. The van der Waals surface area contributed by atoms with Crippen LogP contribution in [-0.4, -0.2) is 16.1 Å². The zero-order chi connectivity index (χ0) is 24.8. The quantitative estimate of drug-likeness (QED) is 0.332. The minimum Gasteiger partial charge on any atom is -0.326 e. The van der Waals surface area contributed by atoms with Crippen molar-refractivity contribution in [3.05, 3.63) is 93.2 Å². The molecule has 2 atom stereocenters. The topological polar surface area (TPSA) is 58.2 Å². The molecule has 2 amide bonds. The van der Waals surface area contributed by atoms with Gasteiger partial charge in [-0.1, -0.05) is 23.2 Å². The Kier molecular flexibility index (Phi) is 6.75. The molecule has 1 saturated carbocycles. The molecule has 176 valence electrons. The second kappa shape index (κ2) is 9.30. The molecule has 0 aromatic heterocycles. The van der Waals surface area contributed by atoms with E-state index in [0.717, 1.165) is 24.3 Å². The highest BCUT2D eigenvalue weighted by molar-refractivity contribution is 6.53. The fourth-order valence-electron chi connectivity index (χ4n) is 3.62. The van der Waals surface area contributed by atoms with Crippen LogP contribution in [0.5, 0.6) is 0 Å². The van der Waals surface area contributed by atoms with Gasteiger partial charge in [-0.3, -0.25) is 9.59 Å². The van der Waals surface area contributed by atoms with Gasteiger partial charge in [0.1, 0.15) is 21.8 Å². The fraction of sp³-hybridized carbons (Fsp3) is 0.130. The first-order valence-corrected chi connectivity index (χ1v) is 11.2. The van der Waals surface area contributed by atoms with Crippen LogP contribution in [0.3, 0.4) is 0 Å². The predicted molar refractivity (Wildman–Crippen MR) is 126 cm³/mol. The maximum absolute atomic E-state index is 14.3. The molecule has 4 rings (SSSR count). The number of rotatable bonds is 5. The molecule has 0 aliphatic heterocycles. The average Bonchev–Trinajstić information content (AvgIpc) is 3.31. The van der Waals surface area contributed by atoms with Gasteiger partial charge >= 0.3 is 0 Å². The largest absolute Gasteiger partial charge is 0.326 e. The Labute approximate surface area is 211 Å². The van der Waals surface area contributed by atoms with Crippen LogP contribution in [0.2, 0.25) is 10.0 Å². The number of hydrogen-bond acceptors (Lipinski definition) is 2. The van der Waals surface area contributed by atoms with Crippen molar-refractivity contribution < 1.29 is 22.8 Å². The van der Waals surface area contributed by atoms with Crippen LogP contribution in [0.4, 0.5) is 24.5 Å². The monoisotopic (exact) mass is 546 g/mol. The van der Waals surface area contributed by atoms with Crippen LogP contribution in [0.1, 0.15) is 21.8 Å². The summed E-state index contributed by atoms with van der Waals surface area (Å²) in [5.74, 6) is -5.69. The Bertz CT molecular complexity index is 1280. The summed E-state index contributed by atoms with van der Waals surface area (Å²) < 4.78 is 39.6. The van der Waals surface area contributed by atoms with Crippen LogP contribution in [-0.2, 0) is 4.79 Å². The Morgan fingerprint density at radius 1 is 0.824 bits per heavy atom. The van der Waals surface area contributed by atoms with Crippen molar-refractivity contribution >= 4 is 69.6 Å². The number of benzene rings is 3. The molecule has 2 N–H and O–H groups in total. The molecule has 0 spiro atoms.